The second kappa shape index (κ2) is 7.43. The molecule has 1 aromatic carbocycles. The van der Waals surface area contributed by atoms with E-state index in [2.05, 4.69) is 5.32 Å². The summed E-state index contributed by atoms with van der Waals surface area (Å²) in [6, 6.07) is 5.99. The zero-order chi connectivity index (χ0) is 19.8. The second-order valence-electron chi connectivity index (χ2n) is 8.24. The van der Waals surface area contributed by atoms with Gasteiger partial charge in [0.15, 0.2) is 0 Å². The fraction of sp³-hybridized carbons (Fsp3) is 0.650. The lowest BCUT2D eigenvalue weighted by Crippen LogP contribution is -2.46. The smallest absolute Gasteiger partial charge is 0.223 e. The Morgan fingerprint density at radius 3 is 2.59 bits per heavy atom. The van der Waals surface area contributed by atoms with Crippen LogP contribution in [0, 0.1) is 12.8 Å². The van der Waals surface area contributed by atoms with Gasteiger partial charge in [-0.1, -0.05) is 12.1 Å². The number of carbonyl (C=O) groups is 1. The summed E-state index contributed by atoms with van der Waals surface area (Å²) in [5, 5.41) is 3.20. The van der Waals surface area contributed by atoms with Gasteiger partial charge < -0.3 is 10.1 Å². The fourth-order valence-electron chi connectivity index (χ4n) is 3.96. The number of sulfonamides is 1. The van der Waals surface area contributed by atoms with Gasteiger partial charge in [0.2, 0.25) is 15.9 Å². The van der Waals surface area contributed by atoms with Crippen molar-refractivity contribution in [3.63, 3.8) is 0 Å². The standard InChI is InChI=1S/C20H30N2O4S/c1-5-27(24,25)22-10-8-15(9-11-22)19(23)21-17-13-20(3,4)26-18-12-14(2)6-7-16(17)18/h6-7,12,15,17H,5,8-11,13H2,1-4H3,(H,21,23). The van der Waals surface area contributed by atoms with Crippen LogP contribution in [-0.4, -0.2) is 43.1 Å². The number of benzene rings is 1. The summed E-state index contributed by atoms with van der Waals surface area (Å²) in [6.45, 7) is 8.58. The van der Waals surface area contributed by atoms with Crippen molar-refractivity contribution in [3.8, 4) is 5.75 Å². The molecule has 6 nitrogen and oxygen atoms in total. The van der Waals surface area contributed by atoms with Crippen LogP contribution in [0.4, 0.5) is 0 Å². The van der Waals surface area contributed by atoms with E-state index >= 15 is 0 Å². The summed E-state index contributed by atoms with van der Waals surface area (Å²) in [5.74, 6) is 0.809. The third-order valence-electron chi connectivity index (χ3n) is 5.53. The number of carbonyl (C=O) groups excluding carboxylic acids is 1. The van der Waals surface area contributed by atoms with Gasteiger partial charge in [-0.05, 0) is 52.2 Å². The average molecular weight is 395 g/mol. The minimum Gasteiger partial charge on any atom is -0.487 e. The SMILES string of the molecule is CCS(=O)(=O)N1CCC(C(=O)NC2CC(C)(C)Oc3cc(C)ccc32)CC1. The lowest BCUT2D eigenvalue weighted by Gasteiger charge is -2.39. The Morgan fingerprint density at radius 1 is 1.30 bits per heavy atom. The van der Waals surface area contributed by atoms with Gasteiger partial charge in [-0.25, -0.2) is 12.7 Å². The summed E-state index contributed by atoms with van der Waals surface area (Å²) < 4.78 is 31.6. The van der Waals surface area contributed by atoms with Crippen molar-refractivity contribution in [1.82, 2.24) is 9.62 Å². The largest absolute Gasteiger partial charge is 0.487 e. The number of fused-ring (bicyclic) bond motifs is 1. The van der Waals surface area contributed by atoms with Crippen molar-refractivity contribution in [2.24, 2.45) is 5.92 Å². The Hall–Kier alpha value is -1.60. The molecule has 2 aliphatic heterocycles. The summed E-state index contributed by atoms with van der Waals surface area (Å²) in [4.78, 5) is 12.9. The molecule has 1 atom stereocenters. The first kappa shape index (κ1) is 20.1. The van der Waals surface area contributed by atoms with Crippen molar-refractivity contribution >= 4 is 15.9 Å². The fourth-order valence-corrected chi connectivity index (χ4v) is 5.09. The van der Waals surface area contributed by atoms with E-state index in [0.717, 1.165) is 16.9 Å². The van der Waals surface area contributed by atoms with E-state index in [0.29, 0.717) is 32.4 Å². The molecule has 1 amide bonds. The molecule has 1 fully saturated rings. The lowest BCUT2D eigenvalue weighted by molar-refractivity contribution is -0.127. The highest BCUT2D eigenvalue weighted by Gasteiger charge is 2.36. The summed E-state index contributed by atoms with van der Waals surface area (Å²) >= 11 is 0. The molecule has 1 saturated heterocycles. The predicted molar refractivity (Wildman–Crippen MR) is 105 cm³/mol. The monoisotopic (exact) mass is 394 g/mol. The third kappa shape index (κ3) is 4.46. The van der Waals surface area contributed by atoms with Crippen LogP contribution in [-0.2, 0) is 14.8 Å². The van der Waals surface area contributed by atoms with Gasteiger partial charge >= 0.3 is 0 Å². The van der Waals surface area contributed by atoms with Gasteiger partial charge in [0.1, 0.15) is 11.4 Å². The number of piperidine rings is 1. The second-order valence-corrected chi connectivity index (χ2v) is 10.5. The highest BCUT2D eigenvalue weighted by Crippen LogP contribution is 2.40. The number of nitrogens with one attached hydrogen (secondary N) is 1. The Kier molecular flexibility index (Phi) is 5.54. The highest BCUT2D eigenvalue weighted by atomic mass is 32.2. The Balaban J connectivity index is 1.68. The molecule has 1 N–H and O–H groups in total. The number of amides is 1. The average Bonchev–Trinajstić information content (AvgIpc) is 2.60. The molecule has 0 spiro atoms. The molecule has 0 radical (unpaired) electrons. The Labute approximate surface area is 162 Å². The van der Waals surface area contributed by atoms with E-state index in [1.807, 2.05) is 39.0 Å². The molecule has 3 rings (SSSR count). The Morgan fingerprint density at radius 2 is 1.96 bits per heavy atom. The van der Waals surface area contributed by atoms with Gasteiger partial charge in [-0.3, -0.25) is 4.79 Å². The number of aryl methyl sites for hydroxylation is 1. The minimum atomic E-state index is -3.17. The number of hydrogen-bond acceptors (Lipinski definition) is 4. The van der Waals surface area contributed by atoms with E-state index in [-0.39, 0.29) is 29.2 Å². The summed E-state index contributed by atoms with van der Waals surface area (Å²) in [6.07, 6.45) is 1.84. The van der Waals surface area contributed by atoms with Gasteiger partial charge in [0.25, 0.3) is 0 Å². The summed E-state index contributed by atoms with van der Waals surface area (Å²) in [7, 11) is -3.17. The molecule has 1 unspecified atom stereocenters. The van der Waals surface area contributed by atoms with Crippen LogP contribution in [0.15, 0.2) is 18.2 Å². The number of ether oxygens (including phenoxy) is 1. The van der Waals surface area contributed by atoms with E-state index in [1.165, 1.54) is 4.31 Å². The van der Waals surface area contributed by atoms with Crippen LogP contribution in [0.2, 0.25) is 0 Å². The maximum Gasteiger partial charge on any atom is 0.223 e. The van der Waals surface area contributed by atoms with Gasteiger partial charge in [0, 0.05) is 31.0 Å². The van der Waals surface area contributed by atoms with Crippen LogP contribution < -0.4 is 10.1 Å². The molecule has 27 heavy (non-hydrogen) atoms. The van der Waals surface area contributed by atoms with Crippen LogP contribution >= 0.6 is 0 Å². The van der Waals surface area contributed by atoms with Gasteiger partial charge in [-0.2, -0.15) is 0 Å². The van der Waals surface area contributed by atoms with E-state index in [1.54, 1.807) is 6.92 Å². The molecular weight excluding hydrogens is 364 g/mol. The van der Waals surface area contributed by atoms with Crippen LogP contribution in [0.5, 0.6) is 5.75 Å². The normalized spacial score (nSPS) is 23.3. The van der Waals surface area contributed by atoms with Crippen LogP contribution in [0.1, 0.15) is 57.2 Å². The minimum absolute atomic E-state index is 0.0118. The van der Waals surface area contributed by atoms with Gasteiger partial charge in [-0.15, -0.1) is 0 Å². The van der Waals surface area contributed by atoms with Crippen molar-refractivity contribution in [2.75, 3.05) is 18.8 Å². The zero-order valence-electron chi connectivity index (χ0n) is 16.6. The number of nitrogens with zero attached hydrogens (tertiary/aromatic N) is 1. The molecule has 0 aromatic heterocycles. The molecule has 0 saturated carbocycles. The first-order chi connectivity index (χ1) is 12.6. The van der Waals surface area contributed by atoms with Gasteiger partial charge in [0.05, 0.1) is 11.8 Å². The topological polar surface area (TPSA) is 75.7 Å². The molecule has 0 aliphatic carbocycles. The Bertz CT molecular complexity index is 811. The number of hydrogen-bond donors (Lipinski definition) is 1. The van der Waals surface area contributed by atoms with E-state index in [9.17, 15) is 13.2 Å². The molecule has 2 heterocycles. The lowest BCUT2D eigenvalue weighted by atomic mass is 9.88. The maximum absolute atomic E-state index is 12.9. The summed E-state index contributed by atoms with van der Waals surface area (Å²) in [5.41, 5.74) is 1.79. The number of rotatable bonds is 4. The first-order valence-electron chi connectivity index (χ1n) is 9.69. The molecular formula is C20H30N2O4S. The van der Waals surface area contributed by atoms with E-state index < -0.39 is 10.0 Å². The quantitative estimate of drug-likeness (QED) is 0.852. The predicted octanol–water partition coefficient (Wildman–Crippen LogP) is 2.78. The van der Waals surface area contributed by atoms with Crippen molar-refractivity contribution in [3.05, 3.63) is 29.3 Å². The highest BCUT2D eigenvalue weighted by molar-refractivity contribution is 7.89. The molecule has 2 aliphatic rings. The maximum atomic E-state index is 12.9. The van der Waals surface area contributed by atoms with Crippen LogP contribution in [0.25, 0.3) is 0 Å². The first-order valence-corrected chi connectivity index (χ1v) is 11.3. The van der Waals surface area contributed by atoms with E-state index in [4.69, 9.17) is 4.74 Å². The van der Waals surface area contributed by atoms with Crippen LogP contribution in [0.3, 0.4) is 0 Å². The molecule has 0 bridgehead atoms. The molecule has 1 aromatic rings. The van der Waals surface area contributed by atoms with Crippen molar-refractivity contribution in [1.29, 1.82) is 0 Å². The van der Waals surface area contributed by atoms with Crippen molar-refractivity contribution < 1.29 is 17.9 Å². The zero-order valence-corrected chi connectivity index (χ0v) is 17.4. The third-order valence-corrected chi connectivity index (χ3v) is 7.41. The molecule has 150 valence electrons. The molecule has 7 heteroatoms. The van der Waals surface area contributed by atoms with Crippen molar-refractivity contribution in [2.45, 2.75) is 58.6 Å².